The van der Waals surface area contributed by atoms with Gasteiger partial charge in [-0.1, -0.05) is 0 Å². The summed E-state index contributed by atoms with van der Waals surface area (Å²) in [6, 6.07) is 5.57. The number of ether oxygens (including phenoxy) is 2. The first-order valence-electron chi connectivity index (χ1n) is 8.47. The maximum atomic E-state index is 13.7. The lowest BCUT2D eigenvalue weighted by molar-refractivity contribution is 0.0418. The van der Waals surface area contributed by atoms with Crippen molar-refractivity contribution in [3.05, 3.63) is 57.6 Å². The summed E-state index contributed by atoms with van der Waals surface area (Å²) in [5.74, 6) is -1.08. The molecule has 1 aliphatic rings. The van der Waals surface area contributed by atoms with Gasteiger partial charge in [-0.25, -0.2) is 9.18 Å². The average molecular weight is 439 g/mol. The maximum absolute atomic E-state index is 13.7. The zero-order valence-corrected chi connectivity index (χ0v) is 16.7. The Morgan fingerprint density at radius 3 is 2.81 bits per heavy atom. The Balaban J connectivity index is 1.85. The minimum absolute atomic E-state index is 0.120. The number of carbonyl (C=O) groups is 2. The molecule has 0 fully saturated rings. The van der Waals surface area contributed by atoms with Crippen molar-refractivity contribution in [2.45, 2.75) is 19.0 Å². The largest absolute Gasteiger partial charge is 0.465 e. The lowest BCUT2D eigenvalue weighted by atomic mass is 10.0. The molecule has 2 heterocycles. The Hall–Kier alpha value is -2.19. The van der Waals surface area contributed by atoms with Gasteiger partial charge in [0.2, 0.25) is 0 Å². The van der Waals surface area contributed by atoms with Gasteiger partial charge in [0.25, 0.3) is 5.91 Å². The van der Waals surface area contributed by atoms with Gasteiger partial charge >= 0.3 is 5.97 Å². The van der Waals surface area contributed by atoms with E-state index < -0.39 is 11.8 Å². The number of hydrogen-bond acceptors (Lipinski definition) is 4. The Morgan fingerprint density at radius 1 is 1.33 bits per heavy atom. The average Bonchev–Trinajstić information content (AvgIpc) is 3.02. The van der Waals surface area contributed by atoms with Crippen molar-refractivity contribution in [1.82, 2.24) is 9.47 Å². The summed E-state index contributed by atoms with van der Waals surface area (Å²) in [4.78, 5) is 26.6. The van der Waals surface area contributed by atoms with E-state index in [4.69, 9.17) is 9.47 Å². The summed E-state index contributed by atoms with van der Waals surface area (Å²) in [6.07, 6.45) is 2.20. The van der Waals surface area contributed by atoms with E-state index in [0.717, 1.165) is 4.47 Å². The Bertz CT molecular complexity index is 867. The van der Waals surface area contributed by atoms with Crippen molar-refractivity contribution >= 4 is 27.8 Å². The second-order valence-electron chi connectivity index (χ2n) is 6.35. The van der Waals surface area contributed by atoms with Crippen molar-refractivity contribution in [2.24, 2.45) is 0 Å². The van der Waals surface area contributed by atoms with Gasteiger partial charge in [0.05, 0.1) is 25.3 Å². The molecular weight excluding hydrogens is 419 g/mol. The third kappa shape index (κ3) is 4.06. The van der Waals surface area contributed by atoms with Gasteiger partial charge in [-0.15, -0.1) is 0 Å². The predicted molar refractivity (Wildman–Crippen MR) is 100 cm³/mol. The molecule has 0 saturated heterocycles. The van der Waals surface area contributed by atoms with E-state index in [9.17, 15) is 14.0 Å². The van der Waals surface area contributed by atoms with Crippen LogP contribution < -0.4 is 0 Å². The zero-order chi connectivity index (χ0) is 19.6. The van der Waals surface area contributed by atoms with E-state index in [0.29, 0.717) is 42.9 Å². The molecule has 0 unspecified atom stereocenters. The standard InChI is InChI=1S/C19H20BrFN2O4/c1-26-11-15-10-22-9-13(20)8-17(22)18(24)23(15)6-5-12-7-14(21)3-4-16(12)19(25)27-2/h3-4,7-9,15H,5-6,10-11H2,1-2H3/t15-/m1/s1. The van der Waals surface area contributed by atoms with Crippen LogP contribution in [-0.2, 0) is 22.4 Å². The molecule has 1 aliphatic heterocycles. The number of amides is 1. The predicted octanol–water partition coefficient (Wildman–Crippen LogP) is 2.89. The van der Waals surface area contributed by atoms with E-state index >= 15 is 0 Å². The Kier molecular flexibility index (Phi) is 5.96. The highest BCUT2D eigenvalue weighted by Gasteiger charge is 2.32. The first-order chi connectivity index (χ1) is 12.9. The van der Waals surface area contributed by atoms with E-state index in [1.54, 1.807) is 18.1 Å². The molecule has 1 aromatic heterocycles. The molecule has 0 radical (unpaired) electrons. The van der Waals surface area contributed by atoms with Gasteiger partial charge in [0.15, 0.2) is 0 Å². The molecule has 0 bridgehead atoms. The highest BCUT2D eigenvalue weighted by molar-refractivity contribution is 9.10. The Labute approximate surface area is 165 Å². The molecule has 0 aliphatic carbocycles. The number of rotatable bonds is 6. The summed E-state index contributed by atoms with van der Waals surface area (Å²) in [6.45, 7) is 1.32. The fourth-order valence-corrected chi connectivity index (χ4v) is 3.85. The number of nitrogens with zero attached hydrogens (tertiary/aromatic N) is 2. The minimum atomic E-state index is -0.527. The molecule has 6 nitrogen and oxygen atoms in total. The van der Waals surface area contributed by atoms with Crippen LogP contribution in [0.4, 0.5) is 4.39 Å². The van der Waals surface area contributed by atoms with Crippen LogP contribution in [0.25, 0.3) is 0 Å². The number of benzene rings is 1. The van der Waals surface area contributed by atoms with Gasteiger partial charge < -0.3 is 18.9 Å². The van der Waals surface area contributed by atoms with Crippen LogP contribution in [0.1, 0.15) is 26.4 Å². The zero-order valence-electron chi connectivity index (χ0n) is 15.1. The quantitative estimate of drug-likeness (QED) is 0.650. The maximum Gasteiger partial charge on any atom is 0.338 e. The number of methoxy groups -OCH3 is 2. The molecule has 144 valence electrons. The molecule has 0 spiro atoms. The van der Waals surface area contributed by atoms with Gasteiger partial charge in [-0.2, -0.15) is 0 Å². The van der Waals surface area contributed by atoms with Crippen molar-refractivity contribution in [1.29, 1.82) is 0 Å². The molecule has 3 rings (SSSR count). The molecule has 1 aromatic carbocycles. The minimum Gasteiger partial charge on any atom is -0.465 e. The van der Waals surface area contributed by atoms with Crippen molar-refractivity contribution in [3.8, 4) is 0 Å². The molecule has 1 amide bonds. The molecule has 2 aromatic rings. The summed E-state index contributed by atoms with van der Waals surface area (Å²) in [7, 11) is 2.87. The van der Waals surface area contributed by atoms with E-state index in [1.165, 1.54) is 25.3 Å². The van der Waals surface area contributed by atoms with Crippen molar-refractivity contribution in [3.63, 3.8) is 0 Å². The van der Waals surface area contributed by atoms with Crippen LogP contribution >= 0.6 is 15.9 Å². The molecule has 0 N–H and O–H groups in total. The van der Waals surface area contributed by atoms with Gasteiger partial charge in [-0.3, -0.25) is 4.79 Å². The van der Waals surface area contributed by atoms with Crippen LogP contribution in [0.5, 0.6) is 0 Å². The lowest BCUT2D eigenvalue weighted by Gasteiger charge is -2.36. The van der Waals surface area contributed by atoms with Crippen LogP contribution in [0, 0.1) is 5.82 Å². The van der Waals surface area contributed by atoms with E-state index in [1.807, 2.05) is 10.8 Å². The van der Waals surface area contributed by atoms with E-state index in [-0.39, 0.29) is 11.9 Å². The number of fused-ring (bicyclic) bond motifs is 1. The van der Waals surface area contributed by atoms with Gasteiger partial charge in [0.1, 0.15) is 11.5 Å². The number of aromatic nitrogens is 1. The second kappa shape index (κ2) is 8.22. The lowest BCUT2D eigenvalue weighted by Crippen LogP contribution is -2.50. The molecular formula is C19H20BrFN2O4. The monoisotopic (exact) mass is 438 g/mol. The summed E-state index contributed by atoms with van der Waals surface area (Å²) < 4.78 is 26.5. The summed E-state index contributed by atoms with van der Waals surface area (Å²) >= 11 is 3.40. The molecule has 27 heavy (non-hydrogen) atoms. The fraction of sp³-hybridized carbons (Fsp3) is 0.368. The smallest absolute Gasteiger partial charge is 0.338 e. The normalized spacial score (nSPS) is 16.4. The summed E-state index contributed by atoms with van der Waals surface area (Å²) in [5.41, 5.74) is 1.40. The van der Waals surface area contributed by atoms with Crippen LogP contribution in [-0.4, -0.2) is 54.8 Å². The van der Waals surface area contributed by atoms with Crippen LogP contribution in [0.15, 0.2) is 34.9 Å². The fourth-order valence-electron chi connectivity index (χ4n) is 3.38. The molecule has 8 heteroatoms. The highest BCUT2D eigenvalue weighted by atomic mass is 79.9. The SMILES string of the molecule is COC[C@H]1Cn2cc(Br)cc2C(=O)N1CCc1cc(F)ccc1C(=O)OC. The first kappa shape index (κ1) is 19.6. The second-order valence-corrected chi connectivity index (χ2v) is 7.26. The topological polar surface area (TPSA) is 60.8 Å². The third-order valence-corrected chi connectivity index (χ3v) is 5.08. The van der Waals surface area contributed by atoms with E-state index in [2.05, 4.69) is 15.9 Å². The third-order valence-electron chi connectivity index (χ3n) is 4.65. The number of carbonyl (C=O) groups excluding carboxylic acids is 2. The van der Waals surface area contributed by atoms with Gasteiger partial charge in [-0.05, 0) is 52.2 Å². The van der Waals surface area contributed by atoms with Crippen molar-refractivity contribution < 1.29 is 23.5 Å². The summed E-state index contributed by atoms with van der Waals surface area (Å²) in [5, 5.41) is 0. The first-order valence-corrected chi connectivity index (χ1v) is 9.26. The molecule has 1 atom stereocenters. The number of hydrogen-bond donors (Lipinski definition) is 0. The highest BCUT2D eigenvalue weighted by Crippen LogP contribution is 2.24. The van der Waals surface area contributed by atoms with Crippen LogP contribution in [0.3, 0.4) is 0 Å². The van der Waals surface area contributed by atoms with Gasteiger partial charge in [0, 0.05) is 30.9 Å². The molecule has 0 saturated carbocycles. The number of halogens is 2. The number of esters is 1. The van der Waals surface area contributed by atoms with Crippen LogP contribution in [0.2, 0.25) is 0 Å². The Morgan fingerprint density at radius 2 is 2.11 bits per heavy atom. The van der Waals surface area contributed by atoms with Crippen molar-refractivity contribution in [2.75, 3.05) is 27.4 Å².